The molecule has 1 heterocycles. The minimum Gasteiger partial charge on any atom is -0.351 e. The Balaban J connectivity index is 1.92. The highest BCUT2D eigenvalue weighted by molar-refractivity contribution is 7.10. The van der Waals surface area contributed by atoms with Crippen molar-refractivity contribution in [1.82, 2.24) is 10.6 Å². The lowest BCUT2D eigenvalue weighted by Crippen LogP contribution is -2.44. The topological polar surface area (TPSA) is 84.2 Å². The quantitative estimate of drug-likeness (QED) is 0.468. The van der Waals surface area contributed by atoms with Crippen LogP contribution in [0.5, 0.6) is 0 Å². The van der Waals surface area contributed by atoms with Crippen LogP contribution in [0.4, 0.5) is 4.79 Å². The standard InChI is InChI=1S/C24H27N3O2S/c1-2-3-8-17-12-14-19(15-13-17)21(20-11-7-16-30-20)26-22(23(28)27-24(25)29)18-9-5-4-6-10-18/h4-7,9-16,21-22,26H,2-3,8H2,1H3,(H3,25,27,28,29)/t21-,22+/m0/s1. The first-order valence-electron chi connectivity index (χ1n) is 10.1. The number of thiophene rings is 1. The van der Waals surface area contributed by atoms with Gasteiger partial charge in [0.25, 0.3) is 0 Å². The van der Waals surface area contributed by atoms with Crippen LogP contribution in [0.2, 0.25) is 0 Å². The normalized spacial score (nSPS) is 12.8. The number of hydrogen-bond donors (Lipinski definition) is 3. The van der Waals surface area contributed by atoms with E-state index in [1.54, 1.807) is 11.3 Å². The number of carbonyl (C=O) groups is 2. The Hall–Kier alpha value is -2.96. The molecule has 5 nitrogen and oxygen atoms in total. The SMILES string of the molecule is CCCCc1ccc([C@H](N[C@@H](C(=O)NC(N)=O)c2ccccc2)c2cccs2)cc1. The summed E-state index contributed by atoms with van der Waals surface area (Å²) < 4.78 is 0. The van der Waals surface area contributed by atoms with Gasteiger partial charge in [-0.2, -0.15) is 0 Å². The van der Waals surface area contributed by atoms with E-state index in [0.29, 0.717) is 0 Å². The molecular formula is C24H27N3O2S. The average molecular weight is 422 g/mol. The summed E-state index contributed by atoms with van der Waals surface area (Å²) in [5.41, 5.74) is 8.33. The monoisotopic (exact) mass is 421 g/mol. The van der Waals surface area contributed by atoms with Gasteiger partial charge in [0.1, 0.15) is 6.04 Å². The number of primary amides is 1. The van der Waals surface area contributed by atoms with Crippen molar-refractivity contribution in [3.63, 3.8) is 0 Å². The van der Waals surface area contributed by atoms with Gasteiger partial charge in [0, 0.05) is 4.88 Å². The zero-order chi connectivity index (χ0) is 21.3. The molecule has 0 saturated carbocycles. The first kappa shape index (κ1) is 21.7. The fraction of sp³-hybridized carbons (Fsp3) is 0.250. The van der Waals surface area contributed by atoms with E-state index in [2.05, 4.69) is 41.8 Å². The molecule has 0 radical (unpaired) electrons. The number of imide groups is 1. The van der Waals surface area contributed by atoms with E-state index in [0.717, 1.165) is 35.3 Å². The molecule has 3 rings (SSSR count). The summed E-state index contributed by atoms with van der Waals surface area (Å²) in [6, 6.07) is 20.1. The van der Waals surface area contributed by atoms with Crippen molar-refractivity contribution in [2.75, 3.05) is 0 Å². The molecule has 156 valence electrons. The zero-order valence-electron chi connectivity index (χ0n) is 17.0. The molecule has 2 aromatic carbocycles. The second-order valence-electron chi connectivity index (χ2n) is 7.16. The minimum absolute atomic E-state index is 0.200. The van der Waals surface area contributed by atoms with Gasteiger partial charge in [0.2, 0.25) is 5.91 Å². The highest BCUT2D eigenvalue weighted by Gasteiger charge is 2.27. The van der Waals surface area contributed by atoms with E-state index < -0.39 is 18.0 Å². The van der Waals surface area contributed by atoms with E-state index in [1.165, 1.54) is 5.56 Å². The third kappa shape index (κ3) is 5.78. The van der Waals surface area contributed by atoms with E-state index in [-0.39, 0.29) is 6.04 Å². The highest BCUT2D eigenvalue weighted by Crippen LogP contribution is 2.30. The molecule has 3 amide bonds. The molecular weight excluding hydrogens is 394 g/mol. The van der Waals surface area contributed by atoms with Crippen molar-refractivity contribution in [2.24, 2.45) is 5.73 Å². The van der Waals surface area contributed by atoms with Crippen molar-refractivity contribution >= 4 is 23.3 Å². The molecule has 0 spiro atoms. The summed E-state index contributed by atoms with van der Waals surface area (Å²) in [5, 5.41) is 7.68. The fourth-order valence-corrected chi connectivity index (χ4v) is 4.20. The van der Waals surface area contributed by atoms with Gasteiger partial charge in [-0.05, 0) is 41.0 Å². The molecule has 0 aliphatic carbocycles. The number of aryl methyl sites for hydroxylation is 1. The molecule has 0 saturated heterocycles. The Morgan fingerprint density at radius 3 is 2.30 bits per heavy atom. The van der Waals surface area contributed by atoms with E-state index >= 15 is 0 Å². The van der Waals surface area contributed by atoms with Crippen LogP contribution in [-0.4, -0.2) is 11.9 Å². The van der Waals surface area contributed by atoms with Gasteiger partial charge in [-0.3, -0.25) is 15.4 Å². The summed E-state index contributed by atoms with van der Waals surface area (Å²) in [5.74, 6) is -0.477. The fourth-order valence-electron chi connectivity index (χ4n) is 3.38. The van der Waals surface area contributed by atoms with E-state index in [9.17, 15) is 9.59 Å². The highest BCUT2D eigenvalue weighted by atomic mass is 32.1. The van der Waals surface area contributed by atoms with Gasteiger partial charge in [0.15, 0.2) is 0 Å². The zero-order valence-corrected chi connectivity index (χ0v) is 17.8. The van der Waals surface area contributed by atoms with Crippen molar-refractivity contribution in [3.05, 3.63) is 93.7 Å². The Kier molecular flexibility index (Phi) is 7.76. The summed E-state index contributed by atoms with van der Waals surface area (Å²) in [6.45, 7) is 2.19. The van der Waals surface area contributed by atoms with E-state index in [1.807, 2.05) is 47.8 Å². The first-order chi connectivity index (χ1) is 14.6. The van der Waals surface area contributed by atoms with Crippen LogP contribution in [-0.2, 0) is 11.2 Å². The number of carbonyl (C=O) groups excluding carboxylic acids is 2. The largest absolute Gasteiger partial charge is 0.351 e. The molecule has 4 N–H and O–H groups in total. The predicted molar refractivity (Wildman–Crippen MR) is 121 cm³/mol. The molecule has 0 aliphatic rings. The van der Waals surface area contributed by atoms with Gasteiger partial charge in [0.05, 0.1) is 6.04 Å². The summed E-state index contributed by atoms with van der Waals surface area (Å²) in [6.07, 6.45) is 3.38. The number of rotatable bonds is 9. The van der Waals surface area contributed by atoms with Gasteiger partial charge in [-0.25, -0.2) is 4.79 Å². The maximum atomic E-state index is 12.8. The average Bonchev–Trinajstić information content (AvgIpc) is 3.28. The molecule has 0 aliphatic heterocycles. The maximum absolute atomic E-state index is 12.8. The van der Waals surface area contributed by atoms with Gasteiger partial charge in [-0.15, -0.1) is 11.3 Å². The second kappa shape index (κ2) is 10.7. The molecule has 1 aromatic heterocycles. The van der Waals surface area contributed by atoms with Crippen LogP contribution >= 0.6 is 11.3 Å². The molecule has 2 atom stereocenters. The van der Waals surface area contributed by atoms with Crippen LogP contribution in [0.25, 0.3) is 0 Å². The smallest absolute Gasteiger partial charge is 0.318 e. The Morgan fingerprint density at radius 2 is 1.70 bits per heavy atom. The minimum atomic E-state index is -0.865. The van der Waals surface area contributed by atoms with Crippen molar-refractivity contribution in [1.29, 1.82) is 0 Å². The Bertz CT molecular complexity index is 940. The Morgan fingerprint density at radius 1 is 0.967 bits per heavy atom. The van der Waals surface area contributed by atoms with Gasteiger partial charge in [-0.1, -0.05) is 74.0 Å². The van der Waals surface area contributed by atoms with Crippen LogP contribution in [0.15, 0.2) is 72.1 Å². The van der Waals surface area contributed by atoms with Crippen LogP contribution in [0.3, 0.4) is 0 Å². The molecule has 0 unspecified atom stereocenters. The lowest BCUT2D eigenvalue weighted by atomic mass is 9.98. The maximum Gasteiger partial charge on any atom is 0.318 e. The lowest BCUT2D eigenvalue weighted by molar-refractivity contribution is -0.122. The number of amides is 3. The number of urea groups is 1. The first-order valence-corrected chi connectivity index (χ1v) is 11.0. The molecule has 30 heavy (non-hydrogen) atoms. The summed E-state index contributed by atoms with van der Waals surface area (Å²) in [7, 11) is 0. The van der Waals surface area contributed by atoms with Crippen LogP contribution in [0, 0.1) is 0 Å². The lowest BCUT2D eigenvalue weighted by Gasteiger charge is -2.25. The third-order valence-electron chi connectivity index (χ3n) is 4.93. The number of hydrogen-bond acceptors (Lipinski definition) is 4. The number of nitrogens with two attached hydrogens (primary N) is 1. The Labute approximate surface area is 181 Å². The number of benzene rings is 2. The summed E-state index contributed by atoms with van der Waals surface area (Å²) in [4.78, 5) is 25.2. The third-order valence-corrected chi connectivity index (χ3v) is 5.87. The molecule has 0 fully saturated rings. The van der Waals surface area contributed by atoms with Crippen molar-refractivity contribution in [3.8, 4) is 0 Å². The van der Waals surface area contributed by atoms with Gasteiger partial charge >= 0.3 is 6.03 Å². The van der Waals surface area contributed by atoms with Crippen molar-refractivity contribution < 1.29 is 9.59 Å². The van der Waals surface area contributed by atoms with Gasteiger partial charge < -0.3 is 5.73 Å². The number of unbranched alkanes of at least 4 members (excludes halogenated alkanes) is 1. The van der Waals surface area contributed by atoms with Crippen LogP contribution < -0.4 is 16.4 Å². The van der Waals surface area contributed by atoms with Crippen molar-refractivity contribution in [2.45, 2.75) is 38.3 Å². The second-order valence-corrected chi connectivity index (χ2v) is 8.14. The van der Waals surface area contributed by atoms with E-state index in [4.69, 9.17) is 5.73 Å². The molecule has 0 bridgehead atoms. The molecule has 3 aromatic rings. The van der Waals surface area contributed by atoms with Crippen LogP contribution in [0.1, 0.15) is 53.4 Å². The number of nitrogens with one attached hydrogen (secondary N) is 2. The predicted octanol–water partition coefficient (Wildman–Crippen LogP) is 4.71. The summed E-state index contributed by atoms with van der Waals surface area (Å²) >= 11 is 1.62. The molecule has 6 heteroatoms.